The van der Waals surface area contributed by atoms with Crippen molar-refractivity contribution in [1.82, 2.24) is 19.7 Å². The lowest BCUT2D eigenvalue weighted by atomic mass is 10.1. The number of hydrogen-bond donors (Lipinski definition) is 1. The molecule has 0 atom stereocenters. The maximum atomic E-state index is 13.0. The van der Waals surface area contributed by atoms with Crippen LogP contribution in [0, 0.1) is 4.77 Å². The van der Waals surface area contributed by atoms with Crippen LogP contribution in [0.15, 0.2) is 48.5 Å². The fourth-order valence-corrected chi connectivity index (χ4v) is 3.96. The van der Waals surface area contributed by atoms with E-state index in [-0.39, 0.29) is 18.2 Å². The third kappa shape index (κ3) is 4.70. The monoisotopic (exact) mass is 455 g/mol. The minimum absolute atomic E-state index is 0.000656. The molecule has 2 aromatic carbocycles. The van der Waals surface area contributed by atoms with Crippen molar-refractivity contribution in [2.75, 3.05) is 31.1 Å². The number of halogens is 1. The Morgan fingerprint density at radius 1 is 1.03 bits per heavy atom. The molecular weight excluding hydrogens is 434 g/mol. The average molecular weight is 456 g/mol. The fourth-order valence-electron chi connectivity index (χ4n) is 3.64. The highest BCUT2D eigenvalue weighted by Crippen LogP contribution is 2.21. The van der Waals surface area contributed by atoms with E-state index in [2.05, 4.69) is 15.1 Å². The Kier molecular flexibility index (Phi) is 6.20. The van der Waals surface area contributed by atoms with E-state index in [1.54, 1.807) is 23.6 Å². The lowest BCUT2D eigenvalue weighted by molar-refractivity contribution is -0.132. The van der Waals surface area contributed by atoms with Crippen LogP contribution in [0.4, 0.5) is 5.69 Å². The Balaban J connectivity index is 1.41. The minimum atomic E-state index is -0.000656. The van der Waals surface area contributed by atoms with E-state index >= 15 is 0 Å². The number of amides is 1. The van der Waals surface area contributed by atoms with Crippen LogP contribution in [0.25, 0.3) is 11.4 Å². The van der Waals surface area contributed by atoms with E-state index in [1.165, 1.54) is 0 Å². The first kappa shape index (κ1) is 21.3. The molecule has 0 radical (unpaired) electrons. The minimum Gasteiger partial charge on any atom is -0.368 e. The second-order valence-electron chi connectivity index (χ2n) is 7.42. The molecule has 0 unspecified atom stereocenters. The van der Waals surface area contributed by atoms with Gasteiger partial charge in [0.15, 0.2) is 16.4 Å². The summed E-state index contributed by atoms with van der Waals surface area (Å²) in [5.41, 5.74) is 2.59. The van der Waals surface area contributed by atoms with Gasteiger partial charge in [0.25, 0.3) is 0 Å². The number of ketones is 1. The van der Waals surface area contributed by atoms with Crippen molar-refractivity contribution in [1.29, 1.82) is 0 Å². The number of Topliss-reactive ketones (excluding diaryl/α,β-unsaturated/α-hetero) is 1. The average Bonchev–Trinajstić information content (AvgIpc) is 3.14. The van der Waals surface area contributed by atoms with Crippen molar-refractivity contribution in [2.24, 2.45) is 0 Å². The van der Waals surface area contributed by atoms with Crippen molar-refractivity contribution >= 4 is 41.2 Å². The number of benzene rings is 2. The molecule has 31 heavy (non-hydrogen) atoms. The summed E-state index contributed by atoms with van der Waals surface area (Å²) < 4.78 is 2.12. The topological polar surface area (TPSA) is 74.2 Å². The summed E-state index contributed by atoms with van der Waals surface area (Å²) in [6.07, 6.45) is 0. The predicted octanol–water partition coefficient (Wildman–Crippen LogP) is 3.81. The number of aromatic nitrogens is 3. The number of carbonyl (C=O) groups is 2. The van der Waals surface area contributed by atoms with Crippen LogP contribution in [0.5, 0.6) is 0 Å². The highest BCUT2D eigenvalue weighted by atomic mass is 35.5. The SMILES string of the molecule is CC(=O)c1ccc(N2CCN(C(=O)Cn3c(-c4ccc(Cl)cc4)n[nH]c3=S)CC2)cc1. The summed E-state index contributed by atoms with van der Waals surface area (Å²) in [4.78, 5) is 28.5. The molecule has 0 aliphatic carbocycles. The van der Waals surface area contributed by atoms with Gasteiger partial charge in [0.2, 0.25) is 5.91 Å². The van der Waals surface area contributed by atoms with Gasteiger partial charge in [-0.05, 0) is 67.7 Å². The van der Waals surface area contributed by atoms with Crippen molar-refractivity contribution in [3.63, 3.8) is 0 Å². The second kappa shape index (κ2) is 9.03. The van der Waals surface area contributed by atoms with Gasteiger partial charge in [0, 0.05) is 48.0 Å². The Morgan fingerprint density at radius 2 is 1.68 bits per heavy atom. The lowest BCUT2D eigenvalue weighted by Gasteiger charge is -2.36. The lowest BCUT2D eigenvalue weighted by Crippen LogP contribution is -2.49. The maximum absolute atomic E-state index is 13.0. The molecule has 7 nitrogen and oxygen atoms in total. The zero-order valence-electron chi connectivity index (χ0n) is 17.0. The van der Waals surface area contributed by atoms with Crippen LogP contribution in [-0.4, -0.2) is 57.5 Å². The quantitative estimate of drug-likeness (QED) is 0.467. The summed E-state index contributed by atoms with van der Waals surface area (Å²) in [6.45, 7) is 4.38. The van der Waals surface area contributed by atoms with Crippen LogP contribution in [0.2, 0.25) is 5.02 Å². The van der Waals surface area contributed by atoms with Crippen LogP contribution in [-0.2, 0) is 11.3 Å². The zero-order valence-corrected chi connectivity index (χ0v) is 18.6. The molecule has 9 heteroatoms. The van der Waals surface area contributed by atoms with Gasteiger partial charge >= 0.3 is 0 Å². The summed E-state index contributed by atoms with van der Waals surface area (Å²) in [5, 5.41) is 7.70. The maximum Gasteiger partial charge on any atom is 0.242 e. The highest BCUT2D eigenvalue weighted by molar-refractivity contribution is 7.71. The third-order valence-electron chi connectivity index (χ3n) is 5.43. The van der Waals surface area contributed by atoms with Crippen LogP contribution >= 0.6 is 23.8 Å². The van der Waals surface area contributed by atoms with Gasteiger partial charge in [-0.1, -0.05) is 11.6 Å². The van der Waals surface area contributed by atoms with E-state index in [0.717, 1.165) is 24.3 Å². The Hall–Kier alpha value is -2.97. The predicted molar refractivity (Wildman–Crippen MR) is 123 cm³/mol. The van der Waals surface area contributed by atoms with Gasteiger partial charge in [0.05, 0.1) is 0 Å². The summed E-state index contributed by atoms with van der Waals surface area (Å²) in [6, 6.07) is 14.9. The molecule has 1 aliphatic rings. The van der Waals surface area contributed by atoms with Crippen LogP contribution < -0.4 is 4.90 Å². The van der Waals surface area contributed by atoms with E-state index in [0.29, 0.717) is 34.3 Å². The molecule has 1 fully saturated rings. The van der Waals surface area contributed by atoms with Crippen molar-refractivity contribution in [2.45, 2.75) is 13.5 Å². The molecule has 1 aromatic heterocycles. The van der Waals surface area contributed by atoms with Crippen LogP contribution in [0.3, 0.4) is 0 Å². The number of carbonyl (C=O) groups excluding carboxylic acids is 2. The summed E-state index contributed by atoms with van der Waals surface area (Å²) >= 11 is 11.3. The first-order chi connectivity index (χ1) is 14.9. The van der Waals surface area contributed by atoms with E-state index < -0.39 is 0 Å². The van der Waals surface area contributed by atoms with Gasteiger partial charge in [-0.15, -0.1) is 0 Å². The smallest absolute Gasteiger partial charge is 0.242 e. The van der Waals surface area contributed by atoms with Gasteiger partial charge in [-0.25, -0.2) is 0 Å². The number of piperazine rings is 1. The second-order valence-corrected chi connectivity index (χ2v) is 8.24. The van der Waals surface area contributed by atoms with E-state index in [9.17, 15) is 9.59 Å². The highest BCUT2D eigenvalue weighted by Gasteiger charge is 2.23. The molecule has 1 amide bonds. The molecule has 2 heterocycles. The van der Waals surface area contributed by atoms with Gasteiger partial charge in [-0.3, -0.25) is 19.3 Å². The fraction of sp³-hybridized carbons (Fsp3) is 0.273. The standard InChI is InChI=1S/C22H22ClN5O2S/c1-15(29)16-4-8-19(9-5-16)26-10-12-27(13-11-26)20(30)14-28-21(24-25-22(28)31)17-2-6-18(23)7-3-17/h2-9H,10-14H2,1H3,(H,25,31). The first-order valence-corrected chi connectivity index (χ1v) is 10.8. The summed E-state index contributed by atoms with van der Waals surface area (Å²) in [7, 11) is 0. The molecule has 0 saturated carbocycles. The molecule has 1 N–H and O–H groups in total. The van der Waals surface area contributed by atoms with Crippen molar-refractivity contribution in [3.8, 4) is 11.4 Å². The number of rotatable bonds is 5. The molecule has 0 spiro atoms. The normalized spacial score (nSPS) is 14.0. The van der Waals surface area contributed by atoms with E-state index in [1.807, 2.05) is 41.3 Å². The largest absolute Gasteiger partial charge is 0.368 e. The van der Waals surface area contributed by atoms with Gasteiger partial charge in [-0.2, -0.15) is 5.10 Å². The number of hydrogen-bond acceptors (Lipinski definition) is 5. The van der Waals surface area contributed by atoms with Crippen LogP contribution in [0.1, 0.15) is 17.3 Å². The number of nitrogens with zero attached hydrogens (tertiary/aromatic N) is 4. The zero-order chi connectivity index (χ0) is 22.0. The van der Waals surface area contributed by atoms with Gasteiger partial charge in [0.1, 0.15) is 6.54 Å². The van der Waals surface area contributed by atoms with Crippen molar-refractivity contribution in [3.05, 3.63) is 63.9 Å². The number of nitrogens with one attached hydrogen (secondary N) is 1. The molecule has 0 bridgehead atoms. The Bertz CT molecular complexity index is 1150. The van der Waals surface area contributed by atoms with Crippen molar-refractivity contribution < 1.29 is 9.59 Å². The third-order valence-corrected chi connectivity index (χ3v) is 5.99. The number of H-pyrrole nitrogens is 1. The Labute approximate surface area is 190 Å². The number of anilines is 1. The Morgan fingerprint density at radius 3 is 2.29 bits per heavy atom. The molecule has 1 aliphatic heterocycles. The van der Waals surface area contributed by atoms with Gasteiger partial charge < -0.3 is 9.80 Å². The molecular formula is C22H22ClN5O2S. The molecule has 160 valence electrons. The van der Waals surface area contributed by atoms with E-state index in [4.69, 9.17) is 23.8 Å². The number of aromatic amines is 1. The molecule has 3 aromatic rings. The summed E-state index contributed by atoms with van der Waals surface area (Å²) in [5.74, 6) is 0.663. The first-order valence-electron chi connectivity index (χ1n) is 9.97. The molecule has 1 saturated heterocycles. The molecule has 4 rings (SSSR count).